The van der Waals surface area contributed by atoms with Crippen LogP contribution in [0.5, 0.6) is 0 Å². The van der Waals surface area contributed by atoms with E-state index in [1.165, 1.54) is 0 Å². The molecule has 1 aliphatic heterocycles. The fourth-order valence-corrected chi connectivity index (χ4v) is 1.21. The van der Waals surface area contributed by atoms with Crippen molar-refractivity contribution < 1.29 is 10.2 Å². The number of likely N-dealkylation sites (tertiary alicyclic amines) is 1. The van der Waals surface area contributed by atoms with Gasteiger partial charge in [-0.15, -0.1) is 0 Å². The standard InChI is InChI=1S/C6H14N2O2/c7-1-2-8-3-5(9)6(10)4-8/h5-6,9-10H,1-4,7H2/t5-,6+. The van der Waals surface area contributed by atoms with Gasteiger partial charge < -0.3 is 15.9 Å². The molecule has 4 N–H and O–H groups in total. The Morgan fingerprint density at radius 1 is 1.30 bits per heavy atom. The molecule has 0 aromatic heterocycles. The minimum atomic E-state index is -0.577. The molecule has 1 rings (SSSR count). The number of aliphatic hydroxyl groups is 2. The Labute approximate surface area is 60.2 Å². The third kappa shape index (κ3) is 1.67. The molecule has 0 bridgehead atoms. The summed E-state index contributed by atoms with van der Waals surface area (Å²) in [6, 6.07) is 0. The van der Waals surface area contributed by atoms with E-state index in [1.807, 2.05) is 4.90 Å². The predicted octanol–water partition coefficient (Wildman–Crippen LogP) is -2.02. The normalized spacial score (nSPS) is 35.1. The third-order valence-electron chi connectivity index (χ3n) is 1.78. The molecular weight excluding hydrogens is 132 g/mol. The first-order valence-electron chi connectivity index (χ1n) is 3.52. The van der Waals surface area contributed by atoms with Crippen molar-refractivity contribution in [2.45, 2.75) is 12.2 Å². The topological polar surface area (TPSA) is 69.7 Å². The van der Waals surface area contributed by atoms with Gasteiger partial charge in [0.2, 0.25) is 0 Å². The van der Waals surface area contributed by atoms with Gasteiger partial charge in [0.15, 0.2) is 0 Å². The van der Waals surface area contributed by atoms with Gasteiger partial charge in [0, 0.05) is 26.2 Å². The first kappa shape index (κ1) is 7.94. The Hall–Kier alpha value is -0.160. The van der Waals surface area contributed by atoms with Crippen LogP contribution in [0.1, 0.15) is 0 Å². The summed E-state index contributed by atoms with van der Waals surface area (Å²) in [5.74, 6) is 0. The van der Waals surface area contributed by atoms with Crippen LogP contribution in [0.4, 0.5) is 0 Å². The van der Waals surface area contributed by atoms with E-state index < -0.39 is 12.2 Å². The molecule has 1 heterocycles. The third-order valence-corrected chi connectivity index (χ3v) is 1.78. The Bertz CT molecular complexity index is 99.9. The number of rotatable bonds is 2. The van der Waals surface area contributed by atoms with Gasteiger partial charge in [0.1, 0.15) is 0 Å². The SMILES string of the molecule is NCCN1C[C@@H](O)[C@@H](O)C1. The van der Waals surface area contributed by atoms with Gasteiger partial charge in [-0.2, -0.15) is 0 Å². The second-order valence-corrected chi connectivity index (χ2v) is 2.68. The summed E-state index contributed by atoms with van der Waals surface area (Å²) in [6.07, 6.45) is -1.15. The van der Waals surface area contributed by atoms with Crippen molar-refractivity contribution in [3.8, 4) is 0 Å². The first-order chi connectivity index (χ1) is 4.74. The number of hydrogen-bond acceptors (Lipinski definition) is 4. The van der Waals surface area contributed by atoms with Gasteiger partial charge in [0.05, 0.1) is 12.2 Å². The lowest BCUT2D eigenvalue weighted by Crippen LogP contribution is -2.28. The molecular formula is C6H14N2O2. The summed E-state index contributed by atoms with van der Waals surface area (Å²) < 4.78 is 0. The minimum Gasteiger partial charge on any atom is -0.389 e. The van der Waals surface area contributed by atoms with Gasteiger partial charge in [-0.3, -0.25) is 4.90 Å². The molecule has 0 radical (unpaired) electrons. The van der Waals surface area contributed by atoms with Crippen molar-refractivity contribution in [2.75, 3.05) is 26.2 Å². The monoisotopic (exact) mass is 146 g/mol. The minimum absolute atomic E-state index is 0.554. The molecule has 1 saturated heterocycles. The van der Waals surface area contributed by atoms with Gasteiger partial charge >= 0.3 is 0 Å². The maximum absolute atomic E-state index is 9.06. The average Bonchev–Trinajstić information content (AvgIpc) is 2.14. The summed E-state index contributed by atoms with van der Waals surface area (Å²) in [6.45, 7) is 2.45. The number of nitrogens with two attached hydrogens (primary N) is 1. The fraction of sp³-hybridized carbons (Fsp3) is 1.00. The van der Waals surface area contributed by atoms with E-state index in [4.69, 9.17) is 15.9 Å². The quantitative estimate of drug-likeness (QED) is 0.421. The predicted molar refractivity (Wildman–Crippen MR) is 37.5 cm³/mol. The van der Waals surface area contributed by atoms with E-state index in [1.54, 1.807) is 0 Å². The first-order valence-corrected chi connectivity index (χ1v) is 3.52. The average molecular weight is 146 g/mol. The summed E-state index contributed by atoms with van der Waals surface area (Å²) in [5.41, 5.74) is 5.29. The maximum Gasteiger partial charge on any atom is 0.0938 e. The highest BCUT2D eigenvalue weighted by atomic mass is 16.3. The molecule has 0 unspecified atom stereocenters. The van der Waals surface area contributed by atoms with Crippen LogP contribution >= 0.6 is 0 Å². The number of aliphatic hydroxyl groups excluding tert-OH is 2. The molecule has 0 spiro atoms. The highest BCUT2D eigenvalue weighted by Gasteiger charge is 2.28. The number of nitrogens with zero attached hydrogens (tertiary/aromatic N) is 1. The van der Waals surface area contributed by atoms with Crippen LogP contribution in [0, 0.1) is 0 Å². The summed E-state index contributed by atoms with van der Waals surface area (Å²) in [4.78, 5) is 1.95. The Balaban J connectivity index is 2.27. The lowest BCUT2D eigenvalue weighted by molar-refractivity contribution is 0.0572. The largest absolute Gasteiger partial charge is 0.389 e. The maximum atomic E-state index is 9.06. The number of β-amino-alcohol motifs (C(OH)–C–C–N with tert-alkyl or cyclic N) is 2. The molecule has 4 nitrogen and oxygen atoms in total. The van der Waals surface area contributed by atoms with E-state index in [2.05, 4.69) is 0 Å². The summed E-state index contributed by atoms with van der Waals surface area (Å²) >= 11 is 0. The van der Waals surface area contributed by atoms with E-state index in [9.17, 15) is 0 Å². The molecule has 60 valence electrons. The molecule has 0 aliphatic carbocycles. The summed E-state index contributed by atoms with van der Waals surface area (Å²) in [7, 11) is 0. The van der Waals surface area contributed by atoms with Crippen molar-refractivity contribution in [3.63, 3.8) is 0 Å². The molecule has 0 aromatic rings. The van der Waals surface area contributed by atoms with Crippen LogP contribution in [0.15, 0.2) is 0 Å². The van der Waals surface area contributed by atoms with Crippen LogP contribution in [0.25, 0.3) is 0 Å². The Kier molecular flexibility index (Phi) is 2.62. The second kappa shape index (κ2) is 3.30. The molecule has 2 atom stereocenters. The molecule has 4 heteroatoms. The van der Waals surface area contributed by atoms with Crippen molar-refractivity contribution in [3.05, 3.63) is 0 Å². The Morgan fingerprint density at radius 2 is 1.80 bits per heavy atom. The van der Waals surface area contributed by atoms with E-state index in [0.29, 0.717) is 19.6 Å². The fourth-order valence-electron chi connectivity index (χ4n) is 1.21. The molecule has 0 saturated carbocycles. The van der Waals surface area contributed by atoms with Crippen LogP contribution in [0.2, 0.25) is 0 Å². The molecule has 0 aromatic carbocycles. The lowest BCUT2D eigenvalue weighted by atomic mass is 10.3. The van der Waals surface area contributed by atoms with Crippen molar-refractivity contribution in [1.82, 2.24) is 4.90 Å². The van der Waals surface area contributed by atoms with Crippen LogP contribution in [-0.2, 0) is 0 Å². The van der Waals surface area contributed by atoms with Crippen LogP contribution in [-0.4, -0.2) is 53.5 Å². The van der Waals surface area contributed by atoms with E-state index in [0.717, 1.165) is 6.54 Å². The molecule has 1 fully saturated rings. The van der Waals surface area contributed by atoms with Crippen LogP contribution in [0.3, 0.4) is 0 Å². The zero-order valence-corrected chi connectivity index (χ0v) is 5.90. The zero-order chi connectivity index (χ0) is 7.56. The highest BCUT2D eigenvalue weighted by molar-refractivity contribution is 4.82. The van der Waals surface area contributed by atoms with Gasteiger partial charge in [-0.05, 0) is 0 Å². The van der Waals surface area contributed by atoms with Crippen molar-refractivity contribution in [2.24, 2.45) is 5.73 Å². The van der Waals surface area contributed by atoms with Crippen LogP contribution < -0.4 is 5.73 Å². The smallest absolute Gasteiger partial charge is 0.0938 e. The second-order valence-electron chi connectivity index (χ2n) is 2.68. The molecule has 10 heavy (non-hydrogen) atoms. The van der Waals surface area contributed by atoms with Gasteiger partial charge in [-0.25, -0.2) is 0 Å². The summed E-state index contributed by atoms with van der Waals surface area (Å²) in [5, 5.41) is 18.1. The van der Waals surface area contributed by atoms with Gasteiger partial charge in [-0.1, -0.05) is 0 Å². The van der Waals surface area contributed by atoms with E-state index in [-0.39, 0.29) is 0 Å². The molecule has 0 amide bonds. The highest BCUT2D eigenvalue weighted by Crippen LogP contribution is 2.07. The zero-order valence-electron chi connectivity index (χ0n) is 5.90. The van der Waals surface area contributed by atoms with Crippen molar-refractivity contribution >= 4 is 0 Å². The van der Waals surface area contributed by atoms with E-state index >= 15 is 0 Å². The Morgan fingerprint density at radius 3 is 2.20 bits per heavy atom. The lowest BCUT2D eigenvalue weighted by Gasteiger charge is -2.11. The van der Waals surface area contributed by atoms with Gasteiger partial charge in [0.25, 0.3) is 0 Å². The number of hydrogen-bond donors (Lipinski definition) is 3. The molecule has 1 aliphatic rings. The van der Waals surface area contributed by atoms with Crippen molar-refractivity contribution in [1.29, 1.82) is 0 Å².